The van der Waals surface area contributed by atoms with Gasteiger partial charge in [0.15, 0.2) is 5.13 Å². The van der Waals surface area contributed by atoms with Gasteiger partial charge in [0, 0.05) is 17.5 Å². The molecule has 2 aliphatic rings. The predicted octanol–water partition coefficient (Wildman–Crippen LogP) is 2.76. The normalized spacial score (nSPS) is 27.9. The molecule has 1 spiro atoms. The third-order valence-corrected chi connectivity index (χ3v) is 4.70. The van der Waals surface area contributed by atoms with E-state index < -0.39 is 0 Å². The van der Waals surface area contributed by atoms with E-state index in [-0.39, 0.29) is 5.60 Å². The van der Waals surface area contributed by atoms with Crippen LogP contribution < -0.4 is 5.73 Å². The summed E-state index contributed by atoms with van der Waals surface area (Å²) in [4.78, 5) is 5.35. The Balaban J connectivity index is 1.61. The molecule has 1 aliphatic carbocycles. The summed E-state index contributed by atoms with van der Waals surface area (Å²) in [5.74, 6) is 0. The lowest BCUT2D eigenvalue weighted by Crippen LogP contribution is -2.25. The molecule has 0 aromatic carbocycles. The summed E-state index contributed by atoms with van der Waals surface area (Å²) in [6, 6.07) is 0. The van der Waals surface area contributed by atoms with Crippen LogP contribution in [0.5, 0.6) is 0 Å². The molecule has 2 fully saturated rings. The van der Waals surface area contributed by atoms with Crippen LogP contribution in [0, 0.1) is 0 Å². The van der Waals surface area contributed by atoms with Crippen molar-refractivity contribution in [2.75, 3.05) is 5.73 Å². The summed E-state index contributed by atoms with van der Waals surface area (Å²) in [7, 11) is 0. The highest BCUT2D eigenvalue weighted by Gasteiger charge is 2.42. The van der Waals surface area contributed by atoms with Gasteiger partial charge in [-0.2, -0.15) is 0 Å². The molecular formula is C12H18N2OS. The van der Waals surface area contributed by atoms with Crippen LogP contribution in [0.2, 0.25) is 0 Å². The molecule has 2 heterocycles. The molecule has 2 N–H and O–H groups in total. The Morgan fingerprint density at radius 2 is 2.25 bits per heavy atom. The number of aromatic nitrogens is 1. The number of hydrogen-bond acceptors (Lipinski definition) is 4. The van der Waals surface area contributed by atoms with E-state index in [1.54, 1.807) is 11.3 Å². The quantitative estimate of drug-likeness (QED) is 0.862. The molecule has 16 heavy (non-hydrogen) atoms. The molecule has 4 heteroatoms. The highest BCUT2D eigenvalue weighted by Crippen LogP contribution is 2.44. The van der Waals surface area contributed by atoms with E-state index in [9.17, 15) is 0 Å². The van der Waals surface area contributed by atoms with Gasteiger partial charge in [-0.15, -0.1) is 11.3 Å². The maximum absolute atomic E-state index is 6.26. The van der Waals surface area contributed by atoms with E-state index in [2.05, 4.69) is 4.98 Å². The zero-order valence-corrected chi connectivity index (χ0v) is 10.3. The van der Waals surface area contributed by atoms with Crippen LogP contribution in [0.4, 0.5) is 5.13 Å². The van der Waals surface area contributed by atoms with Gasteiger partial charge in [0.25, 0.3) is 0 Å². The fourth-order valence-corrected chi connectivity index (χ4v) is 3.82. The summed E-state index contributed by atoms with van der Waals surface area (Å²) in [5.41, 5.74) is 5.89. The minimum atomic E-state index is 0.251. The average molecular weight is 238 g/mol. The number of thiazole rings is 1. The van der Waals surface area contributed by atoms with Crippen LogP contribution in [0.25, 0.3) is 0 Å². The Hall–Kier alpha value is -0.610. The van der Waals surface area contributed by atoms with Crippen molar-refractivity contribution in [1.29, 1.82) is 0 Å². The SMILES string of the molecule is Nc1ncc(CC2CCC3(CCCC3)O2)s1. The maximum atomic E-state index is 6.26. The standard InChI is InChI=1S/C12H18N2OS/c13-11-14-8-10(16-11)7-9-3-6-12(15-9)4-1-2-5-12/h8-9H,1-7H2,(H2,13,14). The first-order valence-electron chi connectivity index (χ1n) is 6.14. The van der Waals surface area contributed by atoms with Crippen LogP contribution in [0.3, 0.4) is 0 Å². The molecule has 1 saturated carbocycles. The third-order valence-electron chi connectivity index (χ3n) is 3.85. The zero-order chi connectivity index (χ0) is 11.0. The molecule has 1 unspecified atom stereocenters. The van der Waals surface area contributed by atoms with Crippen molar-refractivity contribution < 1.29 is 4.74 Å². The molecule has 1 aliphatic heterocycles. The van der Waals surface area contributed by atoms with Gasteiger partial charge in [0.2, 0.25) is 0 Å². The highest BCUT2D eigenvalue weighted by atomic mass is 32.1. The van der Waals surface area contributed by atoms with Crippen molar-refractivity contribution in [2.24, 2.45) is 0 Å². The monoisotopic (exact) mass is 238 g/mol. The van der Waals surface area contributed by atoms with Gasteiger partial charge in [0.05, 0.1) is 11.7 Å². The van der Waals surface area contributed by atoms with Gasteiger partial charge in [-0.25, -0.2) is 4.98 Å². The first-order chi connectivity index (χ1) is 7.76. The van der Waals surface area contributed by atoms with Gasteiger partial charge in [-0.05, 0) is 25.7 Å². The van der Waals surface area contributed by atoms with Gasteiger partial charge < -0.3 is 10.5 Å². The molecule has 1 aromatic heterocycles. The predicted molar refractivity (Wildman–Crippen MR) is 65.5 cm³/mol. The van der Waals surface area contributed by atoms with E-state index in [1.807, 2.05) is 6.20 Å². The second-order valence-electron chi connectivity index (χ2n) is 5.04. The lowest BCUT2D eigenvalue weighted by Gasteiger charge is -2.23. The molecule has 0 amide bonds. The first-order valence-corrected chi connectivity index (χ1v) is 6.95. The number of nitrogens with zero attached hydrogens (tertiary/aromatic N) is 1. The number of hydrogen-bond donors (Lipinski definition) is 1. The number of nitrogens with two attached hydrogens (primary N) is 1. The van der Waals surface area contributed by atoms with E-state index in [4.69, 9.17) is 10.5 Å². The summed E-state index contributed by atoms with van der Waals surface area (Å²) in [6.45, 7) is 0. The van der Waals surface area contributed by atoms with Crippen molar-refractivity contribution in [3.63, 3.8) is 0 Å². The van der Waals surface area contributed by atoms with Crippen molar-refractivity contribution in [3.8, 4) is 0 Å². The summed E-state index contributed by atoms with van der Waals surface area (Å²) in [6.07, 6.45) is 11.0. The van der Waals surface area contributed by atoms with E-state index >= 15 is 0 Å². The average Bonchev–Trinajstić information content (AvgIpc) is 2.94. The van der Waals surface area contributed by atoms with Gasteiger partial charge in [-0.1, -0.05) is 12.8 Å². The smallest absolute Gasteiger partial charge is 0.180 e. The van der Waals surface area contributed by atoms with Crippen LogP contribution >= 0.6 is 11.3 Å². The number of nitrogen functional groups attached to an aromatic ring is 1. The Kier molecular flexibility index (Phi) is 2.64. The highest BCUT2D eigenvalue weighted by molar-refractivity contribution is 7.15. The Bertz CT molecular complexity index is 371. The molecule has 3 nitrogen and oxygen atoms in total. The van der Waals surface area contributed by atoms with Gasteiger partial charge >= 0.3 is 0 Å². The van der Waals surface area contributed by atoms with Crippen LogP contribution in [-0.4, -0.2) is 16.7 Å². The molecule has 0 radical (unpaired) electrons. The fraction of sp³-hybridized carbons (Fsp3) is 0.750. The number of rotatable bonds is 2. The summed E-state index contributed by atoms with van der Waals surface area (Å²) >= 11 is 1.59. The molecule has 1 saturated heterocycles. The number of anilines is 1. The molecule has 3 rings (SSSR count). The van der Waals surface area contributed by atoms with E-state index in [0.717, 1.165) is 6.42 Å². The molecule has 1 atom stereocenters. The Labute approximate surface area is 100 Å². The van der Waals surface area contributed by atoms with Crippen molar-refractivity contribution in [1.82, 2.24) is 4.98 Å². The second-order valence-corrected chi connectivity index (χ2v) is 6.18. The number of ether oxygens (including phenoxy) is 1. The minimum Gasteiger partial charge on any atom is -0.375 e. The minimum absolute atomic E-state index is 0.251. The zero-order valence-electron chi connectivity index (χ0n) is 9.45. The van der Waals surface area contributed by atoms with Crippen LogP contribution in [-0.2, 0) is 11.2 Å². The topological polar surface area (TPSA) is 48.1 Å². The lowest BCUT2D eigenvalue weighted by molar-refractivity contribution is -0.0352. The molecule has 88 valence electrons. The first kappa shape index (κ1) is 10.5. The fourth-order valence-electron chi connectivity index (χ4n) is 3.07. The lowest BCUT2D eigenvalue weighted by atomic mass is 9.98. The van der Waals surface area contributed by atoms with Gasteiger partial charge in [-0.3, -0.25) is 0 Å². The van der Waals surface area contributed by atoms with Crippen molar-refractivity contribution >= 4 is 16.5 Å². The second kappa shape index (κ2) is 4.00. The Morgan fingerprint density at radius 1 is 1.44 bits per heavy atom. The Morgan fingerprint density at radius 3 is 2.94 bits per heavy atom. The van der Waals surface area contributed by atoms with E-state index in [1.165, 1.54) is 43.4 Å². The molecular weight excluding hydrogens is 220 g/mol. The third kappa shape index (κ3) is 1.96. The van der Waals surface area contributed by atoms with Crippen molar-refractivity contribution in [2.45, 2.75) is 56.7 Å². The summed E-state index contributed by atoms with van der Waals surface area (Å²) in [5, 5.41) is 0.670. The van der Waals surface area contributed by atoms with Crippen LogP contribution in [0.15, 0.2) is 6.20 Å². The maximum Gasteiger partial charge on any atom is 0.180 e. The molecule has 1 aromatic rings. The molecule has 0 bridgehead atoms. The van der Waals surface area contributed by atoms with Crippen molar-refractivity contribution in [3.05, 3.63) is 11.1 Å². The van der Waals surface area contributed by atoms with E-state index in [0.29, 0.717) is 11.2 Å². The van der Waals surface area contributed by atoms with Gasteiger partial charge in [0.1, 0.15) is 0 Å². The largest absolute Gasteiger partial charge is 0.375 e. The summed E-state index contributed by atoms with van der Waals surface area (Å²) < 4.78 is 6.26. The van der Waals surface area contributed by atoms with Crippen LogP contribution in [0.1, 0.15) is 43.4 Å².